The number of aliphatic hydroxyl groups excluding tert-OH is 1. The third-order valence-electron chi connectivity index (χ3n) is 3.48. The van der Waals surface area contributed by atoms with Crippen molar-refractivity contribution in [1.82, 2.24) is 10.3 Å². The van der Waals surface area contributed by atoms with E-state index < -0.39 is 0 Å². The van der Waals surface area contributed by atoms with E-state index in [0.29, 0.717) is 0 Å². The van der Waals surface area contributed by atoms with Crippen molar-refractivity contribution >= 4 is 11.3 Å². The summed E-state index contributed by atoms with van der Waals surface area (Å²) in [5.41, 5.74) is 0. The van der Waals surface area contributed by atoms with Crippen molar-refractivity contribution in [2.24, 2.45) is 0 Å². The summed E-state index contributed by atoms with van der Waals surface area (Å²) in [6.45, 7) is 4.29. The number of rotatable bonds is 4. The highest BCUT2D eigenvalue weighted by molar-refractivity contribution is 7.11. The van der Waals surface area contributed by atoms with Crippen molar-refractivity contribution in [3.8, 4) is 0 Å². The van der Waals surface area contributed by atoms with Crippen LogP contribution in [0.3, 0.4) is 0 Å². The maximum absolute atomic E-state index is 9.94. The second-order valence-corrected chi connectivity index (χ2v) is 6.01. The van der Waals surface area contributed by atoms with Gasteiger partial charge in [0.05, 0.1) is 12.1 Å². The lowest BCUT2D eigenvalue weighted by Gasteiger charge is -2.30. The highest BCUT2D eigenvalue weighted by Crippen LogP contribution is 2.24. The van der Waals surface area contributed by atoms with Gasteiger partial charge < -0.3 is 10.4 Å². The van der Waals surface area contributed by atoms with E-state index in [9.17, 15) is 5.11 Å². The van der Waals surface area contributed by atoms with Crippen molar-refractivity contribution < 1.29 is 5.11 Å². The molecule has 0 saturated heterocycles. The van der Waals surface area contributed by atoms with E-state index in [1.54, 1.807) is 11.3 Å². The van der Waals surface area contributed by atoms with Crippen molar-refractivity contribution in [1.29, 1.82) is 0 Å². The van der Waals surface area contributed by atoms with E-state index >= 15 is 0 Å². The van der Waals surface area contributed by atoms with Crippen LogP contribution in [0.25, 0.3) is 0 Å². The Labute approximate surface area is 107 Å². The minimum absolute atomic E-state index is 0.184. The van der Waals surface area contributed by atoms with Crippen LogP contribution in [0.5, 0.6) is 0 Å². The molecule has 1 aliphatic carbocycles. The molecule has 1 fully saturated rings. The highest BCUT2D eigenvalue weighted by Gasteiger charge is 2.25. The Bertz CT molecular complexity index is 353. The molecule has 1 saturated carbocycles. The normalized spacial score (nSPS) is 27.0. The number of aliphatic hydroxyl groups is 1. The molecule has 2 rings (SSSR count). The van der Waals surface area contributed by atoms with Crippen molar-refractivity contribution in [2.45, 2.75) is 64.1 Å². The maximum Gasteiger partial charge on any atom is 0.109 e. The van der Waals surface area contributed by atoms with E-state index in [2.05, 4.69) is 24.1 Å². The number of hydrogen-bond donors (Lipinski definition) is 2. The monoisotopic (exact) mass is 254 g/mol. The molecule has 3 nitrogen and oxygen atoms in total. The smallest absolute Gasteiger partial charge is 0.109 e. The largest absolute Gasteiger partial charge is 0.392 e. The predicted octanol–water partition coefficient (Wildman–Crippen LogP) is 2.66. The van der Waals surface area contributed by atoms with Crippen LogP contribution in [0.15, 0.2) is 6.20 Å². The van der Waals surface area contributed by atoms with Gasteiger partial charge in [0.25, 0.3) is 0 Å². The Hall–Kier alpha value is -0.450. The molecule has 0 radical (unpaired) electrons. The first-order chi connectivity index (χ1) is 8.20. The molecular formula is C13H22N2OS. The van der Waals surface area contributed by atoms with Gasteiger partial charge in [0.15, 0.2) is 0 Å². The summed E-state index contributed by atoms with van der Waals surface area (Å²) >= 11 is 1.78. The van der Waals surface area contributed by atoms with Crippen LogP contribution in [-0.4, -0.2) is 22.2 Å². The number of hydrogen-bond acceptors (Lipinski definition) is 4. The van der Waals surface area contributed by atoms with Crippen LogP contribution >= 0.6 is 11.3 Å². The zero-order valence-electron chi connectivity index (χ0n) is 10.6. The molecular weight excluding hydrogens is 232 g/mol. The van der Waals surface area contributed by atoms with Gasteiger partial charge in [0, 0.05) is 17.1 Å². The third kappa shape index (κ3) is 3.27. The Morgan fingerprint density at radius 1 is 1.53 bits per heavy atom. The molecule has 1 heterocycles. The van der Waals surface area contributed by atoms with Crippen LogP contribution < -0.4 is 5.32 Å². The van der Waals surface area contributed by atoms with Gasteiger partial charge in [-0.15, -0.1) is 11.3 Å². The lowest BCUT2D eigenvalue weighted by Crippen LogP contribution is -2.43. The number of thiazole rings is 1. The molecule has 96 valence electrons. The van der Waals surface area contributed by atoms with Gasteiger partial charge in [0.2, 0.25) is 0 Å². The second kappa shape index (κ2) is 5.94. The van der Waals surface area contributed by atoms with Gasteiger partial charge in [-0.2, -0.15) is 0 Å². The Morgan fingerprint density at radius 2 is 2.29 bits per heavy atom. The SMILES string of the molecule is CCc1cnc(C(C)N[C@H]2CCCC[C@@H]2O)s1. The first-order valence-corrected chi connectivity index (χ1v) is 7.41. The number of nitrogens with one attached hydrogen (secondary N) is 1. The summed E-state index contributed by atoms with van der Waals surface area (Å²) in [5, 5.41) is 14.6. The first kappa shape index (κ1) is 13.0. The van der Waals surface area contributed by atoms with Gasteiger partial charge >= 0.3 is 0 Å². The predicted molar refractivity (Wildman–Crippen MR) is 71.3 cm³/mol. The number of aryl methyl sites for hydroxylation is 1. The van der Waals surface area contributed by atoms with Crippen LogP contribution in [0.4, 0.5) is 0 Å². The lowest BCUT2D eigenvalue weighted by atomic mass is 9.92. The van der Waals surface area contributed by atoms with E-state index in [1.165, 1.54) is 11.3 Å². The van der Waals surface area contributed by atoms with Gasteiger partial charge in [-0.1, -0.05) is 19.8 Å². The lowest BCUT2D eigenvalue weighted by molar-refractivity contribution is 0.0859. The van der Waals surface area contributed by atoms with Crippen molar-refractivity contribution in [3.05, 3.63) is 16.1 Å². The summed E-state index contributed by atoms with van der Waals surface area (Å²) in [7, 11) is 0. The van der Waals surface area contributed by atoms with Gasteiger partial charge in [-0.05, 0) is 26.2 Å². The van der Waals surface area contributed by atoms with Crippen LogP contribution in [-0.2, 0) is 6.42 Å². The average molecular weight is 254 g/mol. The van der Waals surface area contributed by atoms with Gasteiger partial charge in [-0.3, -0.25) is 0 Å². The number of nitrogens with zero attached hydrogens (tertiary/aromatic N) is 1. The summed E-state index contributed by atoms with van der Waals surface area (Å²) in [6.07, 6.45) is 7.23. The fourth-order valence-electron chi connectivity index (χ4n) is 2.38. The van der Waals surface area contributed by atoms with E-state index in [1.807, 2.05) is 6.20 Å². The van der Waals surface area contributed by atoms with Crippen LogP contribution in [0.1, 0.15) is 55.5 Å². The molecule has 2 N–H and O–H groups in total. The van der Waals surface area contributed by atoms with E-state index in [-0.39, 0.29) is 18.2 Å². The molecule has 1 aromatic rings. The van der Waals surface area contributed by atoms with E-state index in [0.717, 1.165) is 30.7 Å². The maximum atomic E-state index is 9.94. The van der Waals surface area contributed by atoms with Crippen molar-refractivity contribution in [2.75, 3.05) is 0 Å². The number of aromatic nitrogens is 1. The second-order valence-electron chi connectivity index (χ2n) is 4.87. The molecule has 1 aromatic heterocycles. The molecule has 3 atom stereocenters. The molecule has 1 unspecified atom stereocenters. The topological polar surface area (TPSA) is 45.2 Å². The minimum Gasteiger partial charge on any atom is -0.392 e. The summed E-state index contributed by atoms with van der Waals surface area (Å²) in [6, 6.07) is 0.491. The zero-order chi connectivity index (χ0) is 12.3. The molecule has 0 amide bonds. The van der Waals surface area contributed by atoms with Crippen LogP contribution in [0, 0.1) is 0 Å². The van der Waals surface area contributed by atoms with Gasteiger partial charge in [0.1, 0.15) is 5.01 Å². The third-order valence-corrected chi connectivity index (χ3v) is 4.81. The summed E-state index contributed by atoms with van der Waals surface area (Å²) < 4.78 is 0. The quantitative estimate of drug-likeness (QED) is 0.868. The summed E-state index contributed by atoms with van der Waals surface area (Å²) in [5.74, 6) is 0. The fraction of sp³-hybridized carbons (Fsp3) is 0.769. The molecule has 0 bridgehead atoms. The average Bonchev–Trinajstić information content (AvgIpc) is 2.81. The molecule has 4 heteroatoms. The Morgan fingerprint density at radius 3 is 2.94 bits per heavy atom. The fourth-order valence-corrected chi connectivity index (χ4v) is 3.25. The Balaban J connectivity index is 1.93. The summed E-state index contributed by atoms with van der Waals surface area (Å²) in [4.78, 5) is 5.78. The first-order valence-electron chi connectivity index (χ1n) is 6.59. The van der Waals surface area contributed by atoms with Crippen LogP contribution in [0.2, 0.25) is 0 Å². The van der Waals surface area contributed by atoms with Gasteiger partial charge in [-0.25, -0.2) is 4.98 Å². The van der Waals surface area contributed by atoms with Crippen molar-refractivity contribution in [3.63, 3.8) is 0 Å². The highest BCUT2D eigenvalue weighted by atomic mass is 32.1. The Kier molecular flexibility index (Phi) is 4.54. The molecule has 0 aromatic carbocycles. The van der Waals surface area contributed by atoms with E-state index in [4.69, 9.17) is 0 Å². The minimum atomic E-state index is -0.184. The standard InChI is InChI=1S/C13H22N2OS/c1-3-10-8-14-13(17-10)9(2)15-11-6-4-5-7-12(11)16/h8-9,11-12,15-16H,3-7H2,1-2H3/t9?,11-,12-/m0/s1. The molecule has 1 aliphatic rings. The molecule has 17 heavy (non-hydrogen) atoms. The zero-order valence-corrected chi connectivity index (χ0v) is 11.5. The molecule has 0 spiro atoms. The molecule has 0 aliphatic heterocycles.